The molecule has 1 fully saturated rings. The Morgan fingerprint density at radius 2 is 1.96 bits per heavy atom. The van der Waals surface area contributed by atoms with Gasteiger partial charge < -0.3 is 10.1 Å². The highest BCUT2D eigenvalue weighted by molar-refractivity contribution is 5.78. The molecule has 0 amide bonds. The van der Waals surface area contributed by atoms with Crippen LogP contribution in [-0.2, 0) is 6.54 Å². The average Bonchev–Trinajstić information content (AvgIpc) is 3.06. The van der Waals surface area contributed by atoms with Gasteiger partial charge in [0.1, 0.15) is 11.6 Å². The summed E-state index contributed by atoms with van der Waals surface area (Å²) in [6, 6.07) is 17.1. The zero-order valence-electron chi connectivity index (χ0n) is 15.5. The van der Waals surface area contributed by atoms with Crippen molar-refractivity contribution in [3.63, 3.8) is 0 Å². The molecule has 2 heterocycles. The number of likely N-dealkylation sites (N-methyl/N-ethyl adjacent to an activating group) is 1. The summed E-state index contributed by atoms with van der Waals surface area (Å²) >= 11 is 0. The fraction of sp³-hybridized carbons (Fsp3) is 0.381. The number of aromatic nitrogens is 2. The van der Waals surface area contributed by atoms with Gasteiger partial charge in [-0.2, -0.15) is 0 Å². The second-order valence-corrected chi connectivity index (χ2v) is 6.91. The van der Waals surface area contributed by atoms with Crippen LogP contribution in [0.5, 0.6) is 5.75 Å². The van der Waals surface area contributed by atoms with E-state index in [4.69, 9.17) is 9.72 Å². The first kappa shape index (κ1) is 17.1. The molecule has 0 saturated carbocycles. The number of para-hydroxylation sites is 2. The number of rotatable bonds is 5. The lowest BCUT2D eigenvalue weighted by molar-refractivity contribution is 0.183. The molecule has 3 aromatic rings. The van der Waals surface area contributed by atoms with Crippen LogP contribution in [0.4, 0.5) is 0 Å². The Balaban J connectivity index is 1.71. The maximum Gasteiger partial charge on any atom is 0.128 e. The van der Waals surface area contributed by atoms with Gasteiger partial charge in [0.25, 0.3) is 0 Å². The Morgan fingerprint density at radius 1 is 1.15 bits per heavy atom. The van der Waals surface area contributed by atoms with Crippen LogP contribution >= 0.6 is 0 Å². The molecule has 0 spiro atoms. The van der Waals surface area contributed by atoms with Gasteiger partial charge in [-0.1, -0.05) is 12.1 Å². The lowest BCUT2D eigenvalue weighted by atomic mass is 10.1. The van der Waals surface area contributed by atoms with Crippen LogP contribution in [0, 0.1) is 0 Å². The lowest BCUT2D eigenvalue weighted by Gasteiger charge is -2.32. The Hall–Kier alpha value is -2.37. The number of nitrogens with one attached hydrogen (secondary N) is 1. The number of hydrogen-bond donors (Lipinski definition) is 1. The molecular weight excluding hydrogens is 324 g/mol. The first-order valence-corrected chi connectivity index (χ1v) is 9.29. The number of methoxy groups -OCH3 is 1. The molecule has 1 aliphatic heterocycles. The highest BCUT2D eigenvalue weighted by Gasteiger charge is 2.21. The van der Waals surface area contributed by atoms with Crippen molar-refractivity contribution < 1.29 is 4.74 Å². The van der Waals surface area contributed by atoms with E-state index in [2.05, 4.69) is 58.2 Å². The largest absolute Gasteiger partial charge is 0.497 e. The predicted molar refractivity (Wildman–Crippen MR) is 105 cm³/mol. The highest BCUT2D eigenvalue weighted by Crippen LogP contribution is 2.25. The molecule has 0 radical (unpaired) electrons. The van der Waals surface area contributed by atoms with Crippen molar-refractivity contribution in [3.8, 4) is 11.4 Å². The molecule has 2 aromatic carbocycles. The fourth-order valence-electron chi connectivity index (χ4n) is 3.84. The zero-order valence-corrected chi connectivity index (χ0v) is 15.5. The standard InChI is InChI=1S/C21H26N4O/c1-22-16-6-5-13-24(14-16)15-21-23-19-7-3-4-8-20(19)25(21)17-9-11-18(26-2)12-10-17/h3-4,7-12,16,22H,5-6,13-15H2,1-2H3. The van der Waals surface area contributed by atoms with E-state index >= 15 is 0 Å². The normalized spacial score (nSPS) is 18.3. The van der Waals surface area contributed by atoms with E-state index in [0.717, 1.165) is 47.9 Å². The van der Waals surface area contributed by atoms with Gasteiger partial charge in [0.2, 0.25) is 0 Å². The average molecular weight is 350 g/mol. The molecule has 5 nitrogen and oxygen atoms in total. The van der Waals surface area contributed by atoms with Crippen molar-refractivity contribution in [1.29, 1.82) is 0 Å². The van der Waals surface area contributed by atoms with Gasteiger partial charge in [0.15, 0.2) is 0 Å². The van der Waals surface area contributed by atoms with Crippen LogP contribution in [0.1, 0.15) is 18.7 Å². The summed E-state index contributed by atoms with van der Waals surface area (Å²) in [5.41, 5.74) is 3.31. The van der Waals surface area contributed by atoms with Crippen molar-refractivity contribution in [2.75, 3.05) is 27.2 Å². The molecule has 26 heavy (non-hydrogen) atoms. The van der Waals surface area contributed by atoms with Crippen LogP contribution in [0.3, 0.4) is 0 Å². The monoisotopic (exact) mass is 350 g/mol. The number of hydrogen-bond acceptors (Lipinski definition) is 4. The van der Waals surface area contributed by atoms with Crippen LogP contribution in [0.25, 0.3) is 16.7 Å². The zero-order chi connectivity index (χ0) is 17.9. The van der Waals surface area contributed by atoms with Crippen LogP contribution in [0.2, 0.25) is 0 Å². The Bertz CT molecular complexity index is 871. The van der Waals surface area contributed by atoms with Gasteiger partial charge in [-0.25, -0.2) is 4.98 Å². The number of imidazole rings is 1. The lowest BCUT2D eigenvalue weighted by Crippen LogP contribution is -2.44. The number of benzene rings is 2. The molecule has 1 N–H and O–H groups in total. The van der Waals surface area contributed by atoms with Gasteiger partial charge in [-0.05, 0) is 62.8 Å². The van der Waals surface area contributed by atoms with E-state index < -0.39 is 0 Å². The smallest absolute Gasteiger partial charge is 0.128 e. The maximum absolute atomic E-state index is 5.31. The summed E-state index contributed by atoms with van der Waals surface area (Å²) < 4.78 is 7.59. The summed E-state index contributed by atoms with van der Waals surface area (Å²) in [6.45, 7) is 3.06. The third-order valence-electron chi connectivity index (χ3n) is 5.24. The molecule has 0 aliphatic carbocycles. The second-order valence-electron chi connectivity index (χ2n) is 6.91. The van der Waals surface area contributed by atoms with Crippen molar-refractivity contribution in [1.82, 2.24) is 19.8 Å². The minimum Gasteiger partial charge on any atom is -0.497 e. The molecule has 1 atom stereocenters. The third kappa shape index (κ3) is 3.32. The number of fused-ring (bicyclic) bond motifs is 1. The molecule has 5 heteroatoms. The SMILES string of the molecule is CNC1CCCN(Cc2nc3ccccc3n2-c2ccc(OC)cc2)C1. The maximum atomic E-state index is 5.31. The Morgan fingerprint density at radius 3 is 2.73 bits per heavy atom. The van der Waals surface area contributed by atoms with Gasteiger partial charge in [0.05, 0.1) is 24.7 Å². The van der Waals surface area contributed by atoms with Crippen molar-refractivity contribution in [3.05, 3.63) is 54.4 Å². The van der Waals surface area contributed by atoms with E-state index in [-0.39, 0.29) is 0 Å². The third-order valence-corrected chi connectivity index (χ3v) is 5.24. The predicted octanol–water partition coefficient (Wildman–Crippen LogP) is 3.22. The van der Waals surface area contributed by atoms with E-state index in [9.17, 15) is 0 Å². The van der Waals surface area contributed by atoms with Gasteiger partial charge in [-0.3, -0.25) is 9.47 Å². The minimum absolute atomic E-state index is 0.572. The van der Waals surface area contributed by atoms with E-state index in [1.807, 2.05) is 12.1 Å². The summed E-state index contributed by atoms with van der Waals surface area (Å²) in [6.07, 6.45) is 2.48. The molecule has 1 unspecified atom stereocenters. The van der Waals surface area contributed by atoms with E-state index in [0.29, 0.717) is 6.04 Å². The van der Waals surface area contributed by atoms with Crippen LogP contribution < -0.4 is 10.1 Å². The van der Waals surface area contributed by atoms with E-state index in [1.165, 1.54) is 12.8 Å². The molecule has 0 bridgehead atoms. The summed E-state index contributed by atoms with van der Waals surface area (Å²) in [5.74, 6) is 1.96. The van der Waals surface area contributed by atoms with Gasteiger partial charge in [-0.15, -0.1) is 0 Å². The quantitative estimate of drug-likeness (QED) is 0.767. The number of nitrogens with zero attached hydrogens (tertiary/aromatic N) is 3. The molecular formula is C21H26N4O. The number of ether oxygens (including phenoxy) is 1. The van der Waals surface area contributed by atoms with Gasteiger partial charge in [0, 0.05) is 18.3 Å². The topological polar surface area (TPSA) is 42.3 Å². The van der Waals surface area contributed by atoms with Crippen molar-refractivity contribution in [2.45, 2.75) is 25.4 Å². The highest BCUT2D eigenvalue weighted by atomic mass is 16.5. The molecule has 1 saturated heterocycles. The second kappa shape index (κ2) is 7.48. The molecule has 4 rings (SSSR count). The molecule has 136 valence electrons. The Kier molecular flexibility index (Phi) is 4.91. The number of likely N-dealkylation sites (tertiary alicyclic amines) is 1. The van der Waals surface area contributed by atoms with E-state index in [1.54, 1.807) is 7.11 Å². The number of piperidine rings is 1. The fourth-order valence-corrected chi connectivity index (χ4v) is 3.84. The summed E-state index contributed by atoms with van der Waals surface area (Å²) in [4.78, 5) is 7.45. The van der Waals surface area contributed by atoms with Crippen molar-refractivity contribution in [2.24, 2.45) is 0 Å². The first-order chi connectivity index (χ1) is 12.8. The Labute approximate surface area is 154 Å². The first-order valence-electron chi connectivity index (χ1n) is 9.29. The minimum atomic E-state index is 0.572. The van der Waals surface area contributed by atoms with Crippen LogP contribution in [0.15, 0.2) is 48.5 Å². The van der Waals surface area contributed by atoms with Gasteiger partial charge >= 0.3 is 0 Å². The van der Waals surface area contributed by atoms with Crippen LogP contribution in [-0.4, -0.2) is 47.7 Å². The summed E-state index contributed by atoms with van der Waals surface area (Å²) in [5, 5.41) is 3.42. The summed E-state index contributed by atoms with van der Waals surface area (Å²) in [7, 11) is 3.75. The molecule has 1 aliphatic rings. The van der Waals surface area contributed by atoms with Crippen molar-refractivity contribution >= 4 is 11.0 Å². The molecule has 1 aromatic heterocycles.